The van der Waals surface area contributed by atoms with Crippen LogP contribution in [0.15, 0.2) is 54.6 Å². The number of carbonyl (C=O) groups is 1. The molecule has 2 aromatic carbocycles. The van der Waals surface area contributed by atoms with Crippen LogP contribution in [-0.2, 0) is 4.79 Å². The van der Waals surface area contributed by atoms with Gasteiger partial charge in [-0.3, -0.25) is 14.9 Å². The summed E-state index contributed by atoms with van der Waals surface area (Å²) in [6.07, 6.45) is 5.66. The van der Waals surface area contributed by atoms with Gasteiger partial charge in [0.25, 0.3) is 5.69 Å². The van der Waals surface area contributed by atoms with Crippen molar-refractivity contribution < 1.29 is 14.8 Å². The van der Waals surface area contributed by atoms with Crippen molar-refractivity contribution in [2.24, 2.45) is 0 Å². The van der Waals surface area contributed by atoms with Gasteiger partial charge in [-0.1, -0.05) is 29.8 Å². The molecule has 1 N–H and O–H groups in total. The number of nitrogens with zero attached hydrogens (tertiary/aromatic N) is 1. The average Bonchev–Trinajstić information content (AvgIpc) is 2.53. The van der Waals surface area contributed by atoms with Gasteiger partial charge < -0.3 is 5.11 Å². The first kappa shape index (κ1) is 16.5. The molecule has 0 radical (unpaired) electrons. The van der Waals surface area contributed by atoms with Crippen molar-refractivity contribution in [3.63, 3.8) is 0 Å². The molecule has 0 aliphatic heterocycles. The number of aromatic hydroxyl groups is 1. The highest BCUT2D eigenvalue weighted by molar-refractivity contribution is 6.32. The third kappa shape index (κ3) is 4.79. The Bertz CT molecular complexity index is 795. The number of non-ortho nitro benzene ring substituents is 1. The summed E-state index contributed by atoms with van der Waals surface area (Å²) < 4.78 is 0. The number of allylic oxidation sites excluding steroid dienone is 2. The Kier molecular flexibility index (Phi) is 5.28. The number of phenols is 1. The molecule has 0 aliphatic carbocycles. The van der Waals surface area contributed by atoms with Crippen molar-refractivity contribution in [3.8, 4) is 5.75 Å². The summed E-state index contributed by atoms with van der Waals surface area (Å²) in [4.78, 5) is 22.0. The van der Waals surface area contributed by atoms with E-state index < -0.39 is 4.92 Å². The topological polar surface area (TPSA) is 80.4 Å². The molecule has 0 spiro atoms. The molecule has 0 aromatic heterocycles. The first-order valence-corrected chi connectivity index (χ1v) is 6.96. The maximum absolute atomic E-state index is 11.8. The number of phenolic OH excluding ortho intramolecular Hbond substituents is 1. The first-order valence-electron chi connectivity index (χ1n) is 6.59. The van der Waals surface area contributed by atoms with Crippen LogP contribution in [0.25, 0.3) is 12.2 Å². The smallest absolute Gasteiger partial charge is 0.270 e. The van der Waals surface area contributed by atoms with Gasteiger partial charge in [-0.2, -0.15) is 0 Å². The van der Waals surface area contributed by atoms with Gasteiger partial charge in [-0.05, 0) is 47.6 Å². The zero-order chi connectivity index (χ0) is 16.8. The third-order valence-corrected chi connectivity index (χ3v) is 3.29. The van der Waals surface area contributed by atoms with Gasteiger partial charge in [0.1, 0.15) is 5.75 Å². The molecular formula is C17H12ClNO4. The lowest BCUT2D eigenvalue weighted by atomic mass is 10.1. The van der Waals surface area contributed by atoms with Gasteiger partial charge in [0.05, 0.1) is 4.92 Å². The predicted octanol–water partition coefficient (Wildman–Crippen LogP) is 4.25. The molecule has 2 rings (SSSR count). The number of benzene rings is 2. The van der Waals surface area contributed by atoms with E-state index in [9.17, 15) is 14.9 Å². The fraction of sp³-hybridized carbons (Fsp3) is 0. The minimum absolute atomic E-state index is 0.0962. The van der Waals surface area contributed by atoms with Crippen molar-refractivity contribution >= 4 is 35.2 Å². The van der Waals surface area contributed by atoms with E-state index in [-0.39, 0.29) is 17.2 Å². The largest absolute Gasteiger partial charge is 0.508 e. The normalized spacial score (nSPS) is 11.2. The van der Waals surface area contributed by atoms with Gasteiger partial charge in [0, 0.05) is 17.2 Å². The highest BCUT2D eigenvalue weighted by atomic mass is 35.5. The highest BCUT2D eigenvalue weighted by Gasteiger charge is 2.07. The van der Waals surface area contributed by atoms with Crippen molar-refractivity contribution in [3.05, 3.63) is 80.9 Å². The molecule has 116 valence electrons. The summed E-state index contributed by atoms with van der Waals surface area (Å²) in [6, 6.07) is 10.4. The minimum Gasteiger partial charge on any atom is -0.508 e. The molecule has 0 atom stereocenters. The van der Waals surface area contributed by atoms with E-state index in [1.165, 1.54) is 48.6 Å². The Hall–Kier alpha value is -2.92. The van der Waals surface area contributed by atoms with Crippen LogP contribution in [-0.4, -0.2) is 15.8 Å². The zero-order valence-corrected chi connectivity index (χ0v) is 12.6. The summed E-state index contributed by atoms with van der Waals surface area (Å²) in [6.45, 7) is 0. The number of rotatable bonds is 5. The van der Waals surface area contributed by atoms with E-state index in [1.807, 2.05) is 0 Å². The number of carbonyl (C=O) groups excluding carboxylic acids is 1. The van der Waals surface area contributed by atoms with Crippen LogP contribution in [0.1, 0.15) is 11.1 Å². The molecule has 6 heteroatoms. The van der Waals surface area contributed by atoms with Crippen LogP contribution in [0.5, 0.6) is 5.75 Å². The molecule has 23 heavy (non-hydrogen) atoms. The third-order valence-electron chi connectivity index (χ3n) is 2.95. The second-order valence-electron chi connectivity index (χ2n) is 4.62. The van der Waals surface area contributed by atoms with Crippen LogP contribution < -0.4 is 0 Å². The number of nitro groups is 1. The standard InChI is InChI=1S/C17H12ClNO4/c18-17-10-5-14(19(22)23)11-13(17)4-9-16(21)8-3-12-1-6-15(20)7-2-12/h1-11,20H. The Labute approximate surface area is 137 Å². The Morgan fingerprint density at radius 3 is 2.39 bits per heavy atom. The highest BCUT2D eigenvalue weighted by Crippen LogP contribution is 2.23. The Balaban J connectivity index is 2.10. The maximum Gasteiger partial charge on any atom is 0.270 e. The van der Waals surface area contributed by atoms with Gasteiger partial charge in [-0.25, -0.2) is 0 Å². The van der Waals surface area contributed by atoms with Gasteiger partial charge in [0.15, 0.2) is 5.78 Å². The molecule has 0 aliphatic rings. The molecule has 2 aromatic rings. The number of ketones is 1. The molecule has 0 heterocycles. The summed E-state index contributed by atoms with van der Waals surface area (Å²) in [7, 11) is 0. The van der Waals surface area contributed by atoms with Crippen LogP contribution >= 0.6 is 11.6 Å². The van der Waals surface area contributed by atoms with Crippen molar-refractivity contribution in [2.45, 2.75) is 0 Å². The lowest BCUT2D eigenvalue weighted by molar-refractivity contribution is -0.384. The molecule has 5 nitrogen and oxygen atoms in total. The zero-order valence-electron chi connectivity index (χ0n) is 11.8. The molecule has 0 saturated carbocycles. The number of hydrogen-bond acceptors (Lipinski definition) is 4. The Morgan fingerprint density at radius 2 is 1.74 bits per heavy atom. The molecule has 0 amide bonds. The van der Waals surface area contributed by atoms with Crippen LogP contribution in [0.4, 0.5) is 5.69 Å². The van der Waals surface area contributed by atoms with Crippen LogP contribution in [0.3, 0.4) is 0 Å². The second kappa shape index (κ2) is 7.38. The van der Waals surface area contributed by atoms with Crippen molar-refractivity contribution in [1.82, 2.24) is 0 Å². The fourth-order valence-electron chi connectivity index (χ4n) is 1.76. The van der Waals surface area contributed by atoms with Gasteiger partial charge >= 0.3 is 0 Å². The van der Waals surface area contributed by atoms with Crippen molar-refractivity contribution in [2.75, 3.05) is 0 Å². The summed E-state index contributed by atoms with van der Waals surface area (Å²) in [5.74, 6) is -0.144. The molecule has 0 fully saturated rings. The summed E-state index contributed by atoms with van der Waals surface area (Å²) in [5, 5.41) is 20.2. The van der Waals surface area contributed by atoms with Gasteiger partial charge in [-0.15, -0.1) is 0 Å². The number of halogens is 1. The monoisotopic (exact) mass is 329 g/mol. The predicted molar refractivity (Wildman–Crippen MR) is 89.3 cm³/mol. The van der Waals surface area contributed by atoms with E-state index in [0.29, 0.717) is 10.6 Å². The number of nitro benzene ring substituents is 1. The SMILES string of the molecule is O=C(C=Cc1ccc(O)cc1)C=Cc1cc([N+](=O)[O-])ccc1Cl. The van der Waals surface area contributed by atoms with E-state index >= 15 is 0 Å². The molecular weight excluding hydrogens is 318 g/mol. The van der Waals surface area contributed by atoms with Gasteiger partial charge in [0.2, 0.25) is 0 Å². The Morgan fingerprint density at radius 1 is 1.09 bits per heavy atom. The van der Waals surface area contributed by atoms with E-state index in [0.717, 1.165) is 5.56 Å². The average molecular weight is 330 g/mol. The summed E-state index contributed by atoms with van der Waals surface area (Å²) in [5.41, 5.74) is 1.06. The fourth-order valence-corrected chi connectivity index (χ4v) is 1.94. The number of hydrogen-bond donors (Lipinski definition) is 1. The lowest BCUT2D eigenvalue weighted by Gasteiger charge is -1.98. The maximum atomic E-state index is 11.8. The van der Waals surface area contributed by atoms with Crippen LogP contribution in [0, 0.1) is 10.1 Å². The molecule has 0 bridgehead atoms. The minimum atomic E-state index is -0.528. The molecule has 0 saturated heterocycles. The molecule has 0 unspecified atom stereocenters. The van der Waals surface area contributed by atoms with Crippen molar-refractivity contribution in [1.29, 1.82) is 0 Å². The summed E-state index contributed by atoms with van der Waals surface area (Å²) >= 11 is 5.95. The lowest BCUT2D eigenvalue weighted by Crippen LogP contribution is -1.89. The van der Waals surface area contributed by atoms with E-state index in [4.69, 9.17) is 16.7 Å². The van der Waals surface area contributed by atoms with E-state index in [2.05, 4.69) is 0 Å². The second-order valence-corrected chi connectivity index (χ2v) is 5.03. The first-order chi connectivity index (χ1) is 11.0. The quantitative estimate of drug-likeness (QED) is 0.505. The van der Waals surface area contributed by atoms with Crippen LogP contribution in [0.2, 0.25) is 5.02 Å². The van der Waals surface area contributed by atoms with E-state index in [1.54, 1.807) is 18.2 Å².